The molecule has 0 aliphatic carbocycles. The summed E-state index contributed by atoms with van der Waals surface area (Å²) in [6, 6.07) is 13.6. The van der Waals surface area contributed by atoms with E-state index in [0.29, 0.717) is 5.02 Å². The molecular formula is C14H11Cl2IO. The predicted octanol–water partition coefficient (Wildman–Crippen LogP) is 5.28. The molecule has 1 unspecified atom stereocenters. The largest absolute Gasteiger partial charge is 0.497 e. The second-order valence-electron chi connectivity index (χ2n) is 3.80. The molecule has 2 rings (SSSR count). The maximum atomic E-state index is 6.46. The van der Waals surface area contributed by atoms with Crippen LogP contribution in [-0.2, 0) is 0 Å². The molecule has 0 aliphatic heterocycles. The van der Waals surface area contributed by atoms with Crippen molar-refractivity contribution in [1.82, 2.24) is 0 Å². The number of hydrogen-bond acceptors (Lipinski definition) is 1. The van der Waals surface area contributed by atoms with Crippen LogP contribution in [0.2, 0.25) is 5.02 Å². The van der Waals surface area contributed by atoms with E-state index in [9.17, 15) is 0 Å². The van der Waals surface area contributed by atoms with Crippen LogP contribution in [-0.4, -0.2) is 7.11 Å². The fourth-order valence-electron chi connectivity index (χ4n) is 1.65. The molecule has 0 N–H and O–H groups in total. The number of alkyl halides is 1. The van der Waals surface area contributed by atoms with Gasteiger partial charge in [0.25, 0.3) is 0 Å². The van der Waals surface area contributed by atoms with Gasteiger partial charge in [-0.3, -0.25) is 0 Å². The lowest BCUT2D eigenvalue weighted by Gasteiger charge is -2.13. The minimum absolute atomic E-state index is 0.250. The second kappa shape index (κ2) is 6.13. The van der Waals surface area contributed by atoms with Crippen LogP contribution in [0.1, 0.15) is 16.5 Å². The van der Waals surface area contributed by atoms with Gasteiger partial charge < -0.3 is 4.74 Å². The van der Waals surface area contributed by atoms with E-state index in [1.54, 1.807) is 13.2 Å². The van der Waals surface area contributed by atoms with Crippen LogP contribution in [0.4, 0.5) is 0 Å². The van der Waals surface area contributed by atoms with Crippen molar-refractivity contribution >= 4 is 45.8 Å². The van der Waals surface area contributed by atoms with Crippen molar-refractivity contribution in [2.45, 2.75) is 5.38 Å². The first-order valence-electron chi connectivity index (χ1n) is 5.35. The Hall–Kier alpha value is -0.450. The van der Waals surface area contributed by atoms with Gasteiger partial charge >= 0.3 is 0 Å². The normalized spacial score (nSPS) is 12.2. The zero-order chi connectivity index (χ0) is 13.1. The average molecular weight is 393 g/mol. The number of rotatable bonds is 3. The first-order valence-corrected chi connectivity index (χ1v) is 7.24. The van der Waals surface area contributed by atoms with Gasteiger partial charge in [0.05, 0.1) is 12.5 Å². The Labute approximate surface area is 130 Å². The van der Waals surface area contributed by atoms with Crippen LogP contribution >= 0.6 is 45.8 Å². The maximum absolute atomic E-state index is 6.46. The Bertz CT molecular complexity index is 540. The first kappa shape index (κ1) is 14.0. The summed E-state index contributed by atoms with van der Waals surface area (Å²) in [6.45, 7) is 0. The third kappa shape index (κ3) is 3.11. The molecule has 0 heterocycles. The van der Waals surface area contributed by atoms with Gasteiger partial charge in [0.2, 0.25) is 0 Å². The molecule has 0 saturated carbocycles. The van der Waals surface area contributed by atoms with E-state index in [-0.39, 0.29) is 5.38 Å². The van der Waals surface area contributed by atoms with Crippen molar-refractivity contribution in [2.24, 2.45) is 0 Å². The fourth-order valence-corrected chi connectivity index (χ4v) is 2.68. The molecule has 0 amide bonds. The van der Waals surface area contributed by atoms with Gasteiger partial charge in [-0.05, 0) is 58.0 Å². The van der Waals surface area contributed by atoms with Crippen LogP contribution in [0.5, 0.6) is 5.75 Å². The topological polar surface area (TPSA) is 9.23 Å². The molecule has 2 aromatic carbocycles. The summed E-state index contributed by atoms with van der Waals surface area (Å²) >= 11 is 14.9. The molecule has 1 atom stereocenters. The monoisotopic (exact) mass is 392 g/mol. The zero-order valence-corrected chi connectivity index (χ0v) is 13.3. The van der Waals surface area contributed by atoms with Crippen molar-refractivity contribution in [3.05, 3.63) is 62.2 Å². The van der Waals surface area contributed by atoms with Gasteiger partial charge in [-0.25, -0.2) is 0 Å². The minimum atomic E-state index is -0.250. The summed E-state index contributed by atoms with van der Waals surface area (Å²) in [4.78, 5) is 0. The van der Waals surface area contributed by atoms with E-state index in [0.717, 1.165) is 16.9 Å². The fraction of sp³-hybridized carbons (Fsp3) is 0.143. The highest BCUT2D eigenvalue weighted by molar-refractivity contribution is 14.1. The third-order valence-electron chi connectivity index (χ3n) is 2.64. The maximum Gasteiger partial charge on any atom is 0.120 e. The van der Waals surface area contributed by atoms with Crippen LogP contribution in [0.3, 0.4) is 0 Å². The molecule has 0 spiro atoms. The number of benzene rings is 2. The zero-order valence-electron chi connectivity index (χ0n) is 9.66. The molecule has 94 valence electrons. The van der Waals surface area contributed by atoms with Crippen molar-refractivity contribution < 1.29 is 4.74 Å². The van der Waals surface area contributed by atoms with Gasteiger partial charge in [-0.1, -0.05) is 29.8 Å². The number of hydrogen-bond donors (Lipinski definition) is 0. The molecule has 0 saturated heterocycles. The Morgan fingerprint density at radius 3 is 2.33 bits per heavy atom. The van der Waals surface area contributed by atoms with Gasteiger partial charge in [0, 0.05) is 8.59 Å². The summed E-state index contributed by atoms with van der Waals surface area (Å²) < 4.78 is 6.30. The van der Waals surface area contributed by atoms with E-state index in [1.807, 2.05) is 36.4 Å². The van der Waals surface area contributed by atoms with Gasteiger partial charge in [-0.15, -0.1) is 11.6 Å². The van der Waals surface area contributed by atoms with Crippen molar-refractivity contribution in [3.8, 4) is 5.75 Å². The van der Waals surface area contributed by atoms with Crippen molar-refractivity contribution in [3.63, 3.8) is 0 Å². The summed E-state index contributed by atoms with van der Waals surface area (Å²) in [6.07, 6.45) is 0. The SMILES string of the molecule is COc1ccc(C(Cl)c2ccc(I)cc2)c(Cl)c1. The van der Waals surface area contributed by atoms with E-state index in [2.05, 4.69) is 22.6 Å². The molecule has 0 bridgehead atoms. The van der Waals surface area contributed by atoms with E-state index in [1.165, 1.54) is 3.57 Å². The molecule has 0 fully saturated rings. The highest BCUT2D eigenvalue weighted by Gasteiger charge is 2.14. The molecule has 0 radical (unpaired) electrons. The third-order valence-corrected chi connectivity index (χ3v) is 4.18. The second-order valence-corrected chi connectivity index (χ2v) is 5.89. The summed E-state index contributed by atoms with van der Waals surface area (Å²) in [7, 11) is 1.61. The smallest absolute Gasteiger partial charge is 0.120 e. The van der Waals surface area contributed by atoms with Crippen LogP contribution < -0.4 is 4.74 Å². The lowest BCUT2D eigenvalue weighted by molar-refractivity contribution is 0.414. The van der Waals surface area contributed by atoms with E-state index in [4.69, 9.17) is 27.9 Å². The first-order chi connectivity index (χ1) is 8.61. The molecule has 18 heavy (non-hydrogen) atoms. The Kier molecular flexibility index (Phi) is 4.76. The van der Waals surface area contributed by atoms with Gasteiger partial charge in [0.1, 0.15) is 5.75 Å². The minimum Gasteiger partial charge on any atom is -0.497 e. The number of methoxy groups -OCH3 is 1. The van der Waals surface area contributed by atoms with Gasteiger partial charge in [0.15, 0.2) is 0 Å². The predicted molar refractivity (Wildman–Crippen MR) is 84.9 cm³/mol. The Morgan fingerprint density at radius 2 is 1.78 bits per heavy atom. The number of ether oxygens (including phenoxy) is 1. The van der Waals surface area contributed by atoms with Crippen molar-refractivity contribution in [2.75, 3.05) is 7.11 Å². The van der Waals surface area contributed by atoms with Crippen molar-refractivity contribution in [1.29, 1.82) is 0 Å². The molecule has 2 aromatic rings. The van der Waals surface area contributed by atoms with E-state index >= 15 is 0 Å². The molecular weight excluding hydrogens is 382 g/mol. The number of halogens is 3. The molecule has 0 aromatic heterocycles. The lowest BCUT2D eigenvalue weighted by atomic mass is 10.0. The van der Waals surface area contributed by atoms with Crippen LogP contribution in [0.25, 0.3) is 0 Å². The summed E-state index contributed by atoms with van der Waals surface area (Å²) in [5.74, 6) is 0.732. The Balaban J connectivity index is 2.33. The van der Waals surface area contributed by atoms with Crippen LogP contribution in [0, 0.1) is 3.57 Å². The quantitative estimate of drug-likeness (QED) is 0.510. The highest BCUT2D eigenvalue weighted by Crippen LogP contribution is 2.35. The lowest BCUT2D eigenvalue weighted by Crippen LogP contribution is -1.95. The standard InChI is InChI=1S/C14H11Cl2IO/c1-18-11-6-7-12(13(15)8-11)14(16)9-2-4-10(17)5-3-9/h2-8,14H,1H3. The molecule has 1 nitrogen and oxygen atoms in total. The van der Waals surface area contributed by atoms with Gasteiger partial charge in [-0.2, -0.15) is 0 Å². The molecule has 4 heteroatoms. The highest BCUT2D eigenvalue weighted by atomic mass is 127. The summed E-state index contributed by atoms with van der Waals surface area (Å²) in [5, 5.41) is 0.369. The van der Waals surface area contributed by atoms with E-state index < -0.39 is 0 Å². The van der Waals surface area contributed by atoms with Crippen LogP contribution in [0.15, 0.2) is 42.5 Å². The molecule has 0 aliphatic rings. The average Bonchev–Trinajstić information content (AvgIpc) is 2.38. The summed E-state index contributed by atoms with van der Waals surface area (Å²) in [5.41, 5.74) is 1.92. The Morgan fingerprint density at radius 1 is 1.11 bits per heavy atom.